The van der Waals surface area contributed by atoms with E-state index in [1.165, 1.54) is 20.2 Å². The van der Waals surface area contributed by atoms with Gasteiger partial charge in [-0.2, -0.15) is 0 Å². The maximum absolute atomic E-state index is 12.7. The minimum absolute atomic E-state index is 0.164. The average molecular weight is 360 g/mol. The van der Waals surface area contributed by atoms with Crippen molar-refractivity contribution in [3.8, 4) is 0 Å². The Morgan fingerprint density at radius 3 is 2.20 bits per heavy atom. The summed E-state index contributed by atoms with van der Waals surface area (Å²) in [5.74, 6) is -0.247. The first-order chi connectivity index (χ1) is 11.6. The Balaban J connectivity index is 2.48. The van der Waals surface area contributed by atoms with E-state index in [9.17, 15) is 13.2 Å². The largest absolute Gasteiger partial charge is 0.322 e. The molecule has 0 saturated heterocycles. The van der Waals surface area contributed by atoms with E-state index in [0.717, 1.165) is 26.6 Å². The zero-order valence-corrected chi connectivity index (χ0v) is 16.3. The van der Waals surface area contributed by atoms with E-state index in [4.69, 9.17) is 0 Å². The van der Waals surface area contributed by atoms with Crippen LogP contribution in [-0.4, -0.2) is 32.7 Å². The molecule has 0 aliphatic heterocycles. The Kier molecular flexibility index (Phi) is 5.34. The molecule has 0 heterocycles. The highest BCUT2D eigenvalue weighted by molar-refractivity contribution is 7.89. The number of sulfonamides is 1. The summed E-state index contributed by atoms with van der Waals surface area (Å²) < 4.78 is 26.0. The van der Waals surface area contributed by atoms with Gasteiger partial charge in [0, 0.05) is 25.3 Å². The molecule has 1 N–H and O–H groups in total. The predicted molar refractivity (Wildman–Crippen MR) is 101 cm³/mol. The van der Waals surface area contributed by atoms with Gasteiger partial charge < -0.3 is 5.32 Å². The monoisotopic (exact) mass is 360 g/mol. The molecule has 134 valence electrons. The molecule has 0 unspecified atom stereocenters. The summed E-state index contributed by atoms with van der Waals surface area (Å²) in [7, 11) is -0.602. The number of carbonyl (C=O) groups excluding carboxylic acids is 1. The van der Waals surface area contributed by atoms with Gasteiger partial charge in [0.1, 0.15) is 0 Å². The fourth-order valence-electron chi connectivity index (χ4n) is 2.50. The number of carbonyl (C=O) groups is 1. The van der Waals surface area contributed by atoms with Crippen molar-refractivity contribution in [1.29, 1.82) is 0 Å². The van der Waals surface area contributed by atoms with Gasteiger partial charge in [-0.3, -0.25) is 4.79 Å². The molecule has 0 atom stereocenters. The van der Waals surface area contributed by atoms with E-state index in [1.807, 2.05) is 39.8 Å². The molecule has 5 nitrogen and oxygen atoms in total. The third-order valence-corrected chi connectivity index (χ3v) is 6.31. The minimum Gasteiger partial charge on any atom is -0.322 e. The lowest BCUT2D eigenvalue weighted by Gasteiger charge is -2.17. The van der Waals surface area contributed by atoms with Crippen LogP contribution < -0.4 is 5.32 Å². The van der Waals surface area contributed by atoms with Crippen molar-refractivity contribution in [1.82, 2.24) is 4.31 Å². The normalized spacial score (nSPS) is 11.6. The van der Waals surface area contributed by atoms with E-state index in [0.29, 0.717) is 11.3 Å². The Bertz CT molecular complexity index is 932. The minimum atomic E-state index is -3.57. The molecule has 0 bridgehead atoms. The van der Waals surface area contributed by atoms with Crippen molar-refractivity contribution in [3.63, 3.8) is 0 Å². The fourth-order valence-corrected chi connectivity index (χ4v) is 3.52. The van der Waals surface area contributed by atoms with E-state index in [2.05, 4.69) is 5.32 Å². The van der Waals surface area contributed by atoms with Gasteiger partial charge in [0.25, 0.3) is 5.91 Å². The Hall–Kier alpha value is -2.18. The van der Waals surface area contributed by atoms with Crippen molar-refractivity contribution in [2.75, 3.05) is 19.4 Å². The standard InChI is InChI=1S/C19H24N2O3S/c1-12-8-7-9-17(14(12)3)19(22)20-18-11-16(10-13(2)15(18)4)25(23,24)21(5)6/h7-11H,1-6H3,(H,20,22). The molecule has 2 rings (SSSR count). The Labute approximate surface area is 149 Å². The molecule has 0 saturated carbocycles. The number of hydrogen-bond donors (Lipinski definition) is 1. The summed E-state index contributed by atoms with van der Waals surface area (Å²) in [4.78, 5) is 12.8. The first kappa shape index (κ1) is 19.1. The predicted octanol–water partition coefficient (Wildman–Crippen LogP) is 3.42. The number of amides is 1. The summed E-state index contributed by atoms with van der Waals surface area (Å²) >= 11 is 0. The van der Waals surface area contributed by atoms with Gasteiger partial charge in [-0.1, -0.05) is 12.1 Å². The molecule has 2 aromatic carbocycles. The van der Waals surface area contributed by atoms with Crippen LogP contribution in [0, 0.1) is 27.7 Å². The van der Waals surface area contributed by atoms with Crippen molar-refractivity contribution in [2.24, 2.45) is 0 Å². The Morgan fingerprint density at radius 2 is 1.60 bits per heavy atom. The van der Waals surface area contributed by atoms with E-state index >= 15 is 0 Å². The molecule has 0 spiro atoms. The SMILES string of the molecule is Cc1cc(S(=O)(=O)N(C)C)cc(NC(=O)c2cccc(C)c2C)c1C. The van der Waals surface area contributed by atoms with Crippen LogP contribution in [0.3, 0.4) is 0 Å². The highest BCUT2D eigenvalue weighted by atomic mass is 32.2. The van der Waals surface area contributed by atoms with Crippen LogP contribution in [0.15, 0.2) is 35.2 Å². The number of rotatable bonds is 4. The number of aryl methyl sites for hydroxylation is 2. The molecule has 0 fully saturated rings. The zero-order valence-electron chi connectivity index (χ0n) is 15.5. The summed E-state index contributed by atoms with van der Waals surface area (Å²) in [6.45, 7) is 7.54. The van der Waals surface area contributed by atoms with Crippen LogP contribution >= 0.6 is 0 Å². The first-order valence-corrected chi connectivity index (χ1v) is 9.41. The highest BCUT2D eigenvalue weighted by Crippen LogP contribution is 2.26. The second-order valence-corrected chi connectivity index (χ2v) is 8.55. The quantitative estimate of drug-likeness (QED) is 0.908. The maximum Gasteiger partial charge on any atom is 0.255 e. The summed E-state index contributed by atoms with van der Waals surface area (Å²) in [5.41, 5.74) is 4.68. The fraction of sp³-hybridized carbons (Fsp3) is 0.316. The second kappa shape index (κ2) is 6.98. The summed E-state index contributed by atoms with van der Waals surface area (Å²) in [6, 6.07) is 8.69. The summed E-state index contributed by atoms with van der Waals surface area (Å²) in [6.07, 6.45) is 0. The number of benzene rings is 2. The second-order valence-electron chi connectivity index (χ2n) is 6.40. The van der Waals surface area contributed by atoms with Gasteiger partial charge in [-0.15, -0.1) is 0 Å². The molecule has 0 radical (unpaired) electrons. The lowest BCUT2D eigenvalue weighted by atomic mass is 10.0. The van der Waals surface area contributed by atoms with E-state index < -0.39 is 10.0 Å². The van der Waals surface area contributed by atoms with Crippen molar-refractivity contribution >= 4 is 21.6 Å². The van der Waals surface area contributed by atoms with Gasteiger partial charge in [0.2, 0.25) is 10.0 Å². The van der Waals surface area contributed by atoms with Crippen LogP contribution in [0.4, 0.5) is 5.69 Å². The van der Waals surface area contributed by atoms with Crippen LogP contribution in [0.25, 0.3) is 0 Å². The molecular formula is C19H24N2O3S. The molecule has 0 aromatic heterocycles. The number of nitrogens with one attached hydrogen (secondary N) is 1. The Morgan fingerprint density at radius 1 is 0.960 bits per heavy atom. The van der Waals surface area contributed by atoms with Crippen molar-refractivity contribution in [2.45, 2.75) is 32.6 Å². The highest BCUT2D eigenvalue weighted by Gasteiger charge is 2.20. The maximum atomic E-state index is 12.7. The van der Waals surface area contributed by atoms with Crippen molar-refractivity contribution in [3.05, 3.63) is 58.1 Å². The molecule has 1 amide bonds. The van der Waals surface area contributed by atoms with E-state index in [1.54, 1.807) is 12.1 Å². The molecule has 2 aromatic rings. The molecule has 6 heteroatoms. The molecule has 0 aliphatic carbocycles. The van der Waals surface area contributed by atoms with Gasteiger partial charge in [-0.25, -0.2) is 12.7 Å². The number of nitrogens with zero attached hydrogens (tertiary/aromatic N) is 1. The van der Waals surface area contributed by atoms with Crippen molar-refractivity contribution < 1.29 is 13.2 Å². The van der Waals surface area contributed by atoms with E-state index in [-0.39, 0.29) is 10.8 Å². The van der Waals surface area contributed by atoms with Gasteiger partial charge in [0.15, 0.2) is 0 Å². The first-order valence-electron chi connectivity index (χ1n) is 7.97. The lowest BCUT2D eigenvalue weighted by Crippen LogP contribution is -2.23. The third kappa shape index (κ3) is 3.75. The van der Waals surface area contributed by atoms with Crippen LogP contribution in [-0.2, 0) is 10.0 Å². The number of anilines is 1. The van der Waals surface area contributed by atoms with Gasteiger partial charge in [-0.05, 0) is 68.1 Å². The molecule has 0 aliphatic rings. The van der Waals surface area contributed by atoms with Gasteiger partial charge >= 0.3 is 0 Å². The van der Waals surface area contributed by atoms with Gasteiger partial charge in [0.05, 0.1) is 4.90 Å². The average Bonchev–Trinajstić information content (AvgIpc) is 2.53. The van der Waals surface area contributed by atoms with Crippen LogP contribution in [0.5, 0.6) is 0 Å². The van der Waals surface area contributed by atoms with Crippen LogP contribution in [0.2, 0.25) is 0 Å². The zero-order chi connectivity index (χ0) is 18.9. The molecular weight excluding hydrogens is 336 g/mol. The lowest BCUT2D eigenvalue weighted by molar-refractivity contribution is 0.102. The molecule has 25 heavy (non-hydrogen) atoms. The third-order valence-electron chi connectivity index (χ3n) is 4.52. The summed E-state index contributed by atoms with van der Waals surface area (Å²) in [5, 5.41) is 2.86. The smallest absolute Gasteiger partial charge is 0.255 e. The topological polar surface area (TPSA) is 66.5 Å². The number of hydrogen-bond acceptors (Lipinski definition) is 3. The van der Waals surface area contributed by atoms with Crippen LogP contribution in [0.1, 0.15) is 32.6 Å².